The molecule has 0 aliphatic rings. The van der Waals surface area contributed by atoms with Crippen LogP contribution in [-0.4, -0.2) is 24.4 Å². The Morgan fingerprint density at radius 2 is 1.62 bits per heavy atom. The predicted octanol–water partition coefficient (Wildman–Crippen LogP) is 2.07. The molecule has 0 amide bonds. The van der Waals surface area contributed by atoms with Crippen molar-refractivity contribution in [2.45, 2.75) is 30.4 Å². The Bertz CT molecular complexity index is 22.4. The van der Waals surface area contributed by atoms with E-state index in [2.05, 4.69) is 6.92 Å². The van der Waals surface area contributed by atoms with Crippen LogP contribution in [0.5, 0.6) is 0 Å². The molecule has 0 aliphatic heterocycles. The van der Waals surface area contributed by atoms with Gasteiger partial charge >= 0.3 is 54.7 Å². The molecule has 0 N–H and O–H groups in total. The van der Waals surface area contributed by atoms with Gasteiger partial charge in [-0.05, 0) is 0 Å². The van der Waals surface area contributed by atoms with Crippen LogP contribution in [0.25, 0.3) is 0 Å². The van der Waals surface area contributed by atoms with E-state index in [9.17, 15) is 0 Å². The second-order valence-corrected chi connectivity index (χ2v) is 4.56. The van der Waals surface area contributed by atoms with Crippen molar-refractivity contribution in [2.24, 2.45) is 0 Å². The Morgan fingerprint density at radius 1 is 1.12 bits per heavy atom. The summed E-state index contributed by atoms with van der Waals surface area (Å²) in [6.07, 6.45) is 4.36. The van der Waals surface area contributed by atoms with Gasteiger partial charge in [0.15, 0.2) is 0 Å². The zero-order valence-electron chi connectivity index (χ0n) is 5.64. The summed E-state index contributed by atoms with van der Waals surface area (Å²) in [6.45, 7) is 2.26. The smallest absolute Gasteiger partial charge is 0.147 e. The van der Waals surface area contributed by atoms with Gasteiger partial charge in [0.2, 0.25) is 0 Å². The molecule has 0 aliphatic carbocycles. The molecule has 0 atom stereocenters. The van der Waals surface area contributed by atoms with Crippen molar-refractivity contribution in [2.75, 3.05) is 0 Å². The van der Waals surface area contributed by atoms with Gasteiger partial charge in [-0.15, -0.1) is 24.8 Å². The summed E-state index contributed by atoms with van der Waals surface area (Å²) in [5.74, 6) is 0. The minimum atomic E-state index is 0. The Hall–Kier alpha value is 1.45. The van der Waals surface area contributed by atoms with Crippen LogP contribution in [0.15, 0.2) is 0 Å². The van der Waals surface area contributed by atoms with Crippen molar-refractivity contribution in [1.82, 2.24) is 0 Å². The number of hydrogen-bond donors (Lipinski definition) is 0. The summed E-state index contributed by atoms with van der Waals surface area (Å²) in [5, 5.41) is 0. The normalized spacial score (nSPS) is 6.62. The number of unbranched alkanes of at least 4 members (excludes halogenated alkanes) is 2. The first-order chi connectivity index (χ1) is 2.91. The second-order valence-electron chi connectivity index (χ2n) is 1.71. The molecule has 0 heterocycles. The summed E-state index contributed by atoms with van der Waals surface area (Å²) in [6, 6.07) is 0. The fourth-order valence-corrected chi connectivity index (χ4v) is 1.93. The second kappa shape index (κ2) is 15.8. The minimum absolute atomic E-state index is 0. The third-order valence-corrected chi connectivity index (χ3v) is 2.98. The molecule has 0 bridgehead atoms. The van der Waals surface area contributed by atoms with Gasteiger partial charge in [-0.1, -0.05) is 0 Å². The van der Waals surface area contributed by atoms with Crippen molar-refractivity contribution in [3.63, 3.8) is 0 Å². The van der Waals surface area contributed by atoms with Crippen molar-refractivity contribution in [3.8, 4) is 0 Å². The molecular weight excluding hydrogens is 246 g/mol. The molecule has 0 aromatic rings. The monoisotopic (exact) mass is 260 g/mol. The topological polar surface area (TPSA) is 0 Å². The summed E-state index contributed by atoms with van der Waals surface area (Å²) in [5.41, 5.74) is 0. The van der Waals surface area contributed by atoms with Crippen molar-refractivity contribution >= 4 is 49.2 Å². The zero-order valence-corrected chi connectivity index (χ0v) is 13.0. The minimum Gasteiger partial charge on any atom is -0.147 e. The Morgan fingerprint density at radius 3 is 1.75 bits per heavy atom. The van der Waals surface area contributed by atoms with E-state index >= 15 is 0 Å². The van der Waals surface area contributed by atoms with E-state index in [0.29, 0.717) is 0 Å². The first-order valence-electron chi connectivity index (χ1n) is 2.91. The zero-order chi connectivity index (χ0) is 4.83. The summed E-state index contributed by atoms with van der Waals surface area (Å²) in [7, 11) is 0. The van der Waals surface area contributed by atoms with Crippen molar-refractivity contribution in [1.29, 1.82) is 0 Å². The van der Waals surface area contributed by atoms with Crippen LogP contribution < -0.4 is 0 Å². The van der Waals surface area contributed by atoms with E-state index in [1.165, 1.54) is 19.3 Å². The van der Waals surface area contributed by atoms with E-state index in [-0.39, 0.29) is 24.8 Å². The predicted molar refractivity (Wildman–Crippen MR) is 47.4 cm³/mol. The van der Waals surface area contributed by atoms with Gasteiger partial charge in [0.1, 0.15) is 0 Å². The molecule has 0 rings (SSSR count). The third-order valence-electron chi connectivity index (χ3n) is 0.957. The molecule has 0 spiro atoms. The molecule has 0 aromatic carbocycles. The largest absolute Gasteiger partial charge is 0.147 e. The molecule has 0 fully saturated rings. The van der Waals surface area contributed by atoms with Crippen LogP contribution in [0.2, 0.25) is 4.18 Å². The van der Waals surface area contributed by atoms with E-state index < -0.39 is 0 Å². The average Bonchev–Trinajstić information content (AvgIpc) is 1.61. The van der Waals surface area contributed by atoms with E-state index in [1.54, 1.807) is 4.18 Å². The number of rotatable bonds is 3. The van der Waals surface area contributed by atoms with Crippen LogP contribution in [0.3, 0.4) is 0 Å². The fraction of sp³-hybridized carbons (Fsp3) is 1.00. The van der Waals surface area contributed by atoms with Gasteiger partial charge < -0.3 is 0 Å². The first kappa shape index (κ1) is 16.2. The first-order valence-corrected chi connectivity index (χ1v) is 6.95. The Kier molecular flexibility index (Phi) is 32.0. The summed E-state index contributed by atoms with van der Waals surface area (Å²) in [4.78, 5) is 0. The fourth-order valence-electron chi connectivity index (χ4n) is 0.500. The maximum absolute atomic E-state index is 2.26. The third kappa shape index (κ3) is 15.7. The summed E-state index contributed by atoms with van der Waals surface area (Å²) >= 11 is 0.979. The van der Waals surface area contributed by atoms with Gasteiger partial charge in [0.05, 0.1) is 0 Å². The molecule has 8 heavy (non-hydrogen) atoms. The van der Waals surface area contributed by atoms with E-state index in [1.807, 2.05) is 0 Å². The molecule has 0 unspecified atom stereocenters. The maximum Gasteiger partial charge on any atom is -0.147 e. The van der Waals surface area contributed by atoms with Gasteiger partial charge in [-0.2, -0.15) is 0 Å². The Labute approximate surface area is 79.2 Å². The summed E-state index contributed by atoms with van der Waals surface area (Å²) < 4.78 is 1.56. The van der Waals surface area contributed by atoms with Gasteiger partial charge in [-0.25, -0.2) is 0 Å². The molecule has 0 saturated carbocycles. The van der Waals surface area contributed by atoms with Gasteiger partial charge in [0, 0.05) is 0 Å². The van der Waals surface area contributed by atoms with E-state index in [0.717, 1.165) is 24.4 Å². The molecule has 3 heteroatoms. The molecule has 0 nitrogen and oxygen atoms in total. The van der Waals surface area contributed by atoms with E-state index in [4.69, 9.17) is 0 Å². The number of halogens is 2. The quantitative estimate of drug-likeness (QED) is 0.682. The standard InChI is InChI=1S/C5H11.2ClH.In.2H/c1-3-5-4-2;;;;;/h1,3-5H2,2H3;2*1H;;;. The van der Waals surface area contributed by atoms with Gasteiger partial charge in [0.25, 0.3) is 0 Å². The van der Waals surface area contributed by atoms with Crippen molar-refractivity contribution in [3.05, 3.63) is 0 Å². The van der Waals surface area contributed by atoms with Crippen LogP contribution in [0.4, 0.5) is 0 Å². The molecule has 52 valence electrons. The van der Waals surface area contributed by atoms with Crippen LogP contribution in [-0.2, 0) is 0 Å². The maximum atomic E-state index is 2.26. The molecule has 0 radical (unpaired) electrons. The van der Waals surface area contributed by atoms with Crippen LogP contribution in [0.1, 0.15) is 26.2 Å². The molecule has 0 aromatic heterocycles. The Balaban J connectivity index is -0.000000125. The average molecular weight is 261 g/mol. The van der Waals surface area contributed by atoms with Crippen molar-refractivity contribution < 1.29 is 0 Å². The van der Waals surface area contributed by atoms with Gasteiger partial charge in [-0.3, -0.25) is 0 Å². The van der Waals surface area contributed by atoms with Crippen LogP contribution in [0, 0.1) is 0 Å². The molecule has 0 saturated heterocycles. The van der Waals surface area contributed by atoms with Crippen LogP contribution >= 0.6 is 24.8 Å². The SMILES string of the molecule is CCCC[CH2][InH2].Cl.Cl. The number of hydrogen-bond acceptors (Lipinski definition) is 0. The molecular formula is C5H15Cl2In.